The molecular weight excluding hydrogens is 217 g/mol. The lowest BCUT2D eigenvalue weighted by molar-refractivity contribution is -0.207. The van der Waals surface area contributed by atoms with Crippen LogP contribution in [0, 0.1) is 11.8 Å². The van der Waals surface area contributed by atoms with Crippen LogP contribution in [0.15, 0.2) is 0 Å². The van der Waals surface area contributed by atoms with E-state index in [1.165, 1.54) is 0 Å². The zero-order valence-electron chi connectivity index (χ0n) is 9.98. The molecule has 1 saturated carbocycles. The molecule has 1 rings (SSSR count). The highest BCUT2D eigenvalue weighted by atomic mass is 19.4. The summed E-state index contributed by atoms with van der Waals surface area (Å²) in [5.41, 5.74) is -1.10. The first kappa shape index (κ1) is 13.8. The molecule has 1 aliphatic rings. The first-order chi connectivity index (χ1) is 7.33. The van der Waals surface area contributed by atoms with Crippen molar-refractivity contribution in [3.05, 3.63) is 0 Å². The molecule has 16 heavy (non-hydrogen) atoms. The maximum Gasteiger partial charge on any atom is 0.391 e. The lowest BCUT2D eigenvalue weighted by Crippen LogP contribution is -2.45. The van der Waals surface area contributed by atoms with E-state index in [4.69, 9.17) is 0 Å². The maximum atomic E-state index is 12.6. The molecule has 2 unspecified atom stereocenters. The van der Waals surface area contributed by atoms with Gasteiger partial charge in [0.05, 0.1) is 11.5 Å². The molecular formula is C12H21F3O. The van der Waals surface area contributed by atoms with Crippen molar-refractivity contribution in [2.24, 2.45) is 11.8 Å². The normalized spacial score (nSPS) is 32.1. The highest BCUT2D eigenvalue weighted by Crippen LogP contribution is 2.45. The van der Waals surface area contributed by atoms with Gasteiger partial charge in [0.25, 0.3) is 0 Å². The van der Waals surface area contributed by atoms with Crippen LogP contribution in [-0.4, -0.2) is 16.9 Å². The topological polar surface area (TPSA) is 20.2 Å². The third kappa shape index (κ3) is 2.90. The van der Waals surface area contributed by atoms with E-state index in [1.807, 2.05) is 13.8 Å². The van der Waals surface area contributed by atoms with Gasteiger partial charge in [-0.25, -0.2) is 0 Å². The first-order valence-corrected chi connectivity index (χ1v) is 6.12. The molecule has 0 bridgehead atoms. The van der Waals surface area contributed by atoms with Gasteiger partial charge in [0.1, 0.15) is 0 Å². The molecule has 0 aromatic rings. The second-order valence-electron chi connectivity index (χ2n) is 4.95. The van der Waals surface area contributed by atoms with Crippen molar-refractivity contribution in [2.45, 2.75) is 64.1 Å². The molecule has 96 valence electrons. The van der Waals surface area contributed by atoms with Gasteiger partial charge in [-0.05, 0) is 31.6 Å². The lowest BCUT2D eigenvalue weighted by Gasteiger charge is -2.42. The van der Waals surface area contributed by atoms with Gasteiger partial charge in [-0.1, -0.05) is 26.7 Å². The fourth-order valence-electron chi connectivity index (χ4n) is 2.98. The van der Waals surface area contributed by atoms with Crippen molar-refractivity contribution in [3.63, 3.8) is 0 Å². The van der Waals surface area contributed by atoms with Crippen molar-refractivity contribution >= 4 is 0 Å². The molecule has 0 radical (unpaired) electrons. The van der Waals surface area contributed by atoms with E-state index in [2.05, 4.69) is 0 Å². The summed E-state index contributed by atoms with van der Waals surface area (Å²) in [6.45, 7) is 3.87. The van der Waals surface area contributed by atoms with Crippen LogP contribution >= 0.6 is 0 Å². The summed E-state index contributed by atoms with van der Waals surface area (Å²) in [7, 11) is 0. The van der Waals surface area contributed by atoms with E-state index in [1.54, 1.807) is 0 Å². The fourth-order valence-corrected chi connectivity index (χ4v) is 2.98. The Morgan fingerprint density at radius 3 is 2.31 bits per heavy atom. The quantitative estimate of drug-likeness (QED) is 0.790. The average molecular weight is 238 g/mol. The molecule has 0 aromatic heterocycles. The average Bonchev–Trinajstić information content (AvgIpc) is 2.18. The number of alkyl halides is 3. The zero-order valence-corrected chi connectivity index (χ0v) is 9.98. The smallest absolute Gasteiger partial charge is 0.390 e. The highest BCUT2D eigenvalue weighted by Gasteiger charge is 2.48. The molecule has 2 atom stereocenters. The number of hydrogen-bond donors (Lipinski definition) is 1. The minimum absolute atomic E-state index is 0.00218. The van der Waals surface area contributed by atoms with Crippen LogP contribution < -0.4 is 0 Å². The van der Waals surface area contributed by atoms with E-state index in [0.717, 1.165) is 12.8 Å². The summed E-state index contributed by atoms with van der Waals surface area (Å²) in [5.74, 6) is -1.32. The monoisotopic (exact) mass is 238 g/mol. The second kappa shape index (κ2) is 4.94. The Morgan fingerprint density at radius 1 is 1.31 bits per heavy atom. The number of halogens is 3. The molecule has 0 amide bonds. The summed E-state index contributed by atoms with van der Waals surface area (Å²) in [5, 5.41) is 10.4. The second-order valence-corrected chi connectivity index (χ2v) is 4.95. The van der Waals surface area contributed by atoms with Gasteiger partial charge in [-0.3, -0.25) is 0 Å². The maximum absolute atomic E-state index is 12.6. The Kier molecular flexibility index (Phi) is 4.27. The van der Waals surface area contributed by atoms with Crippen LogP contribution in [0.3, 0.4) is 0 Å². The highest BCUT2D eigenvalue weighted by molar-refractivity contribution is 4.92. The van der Waals surface area contributed by atoms with Gasteiger partial charge in [0, 0.05) is 0 Å². The molecule has 0 heterocycles. The first-order valence-electron chi connectivity index (χ1n) is 6.12. The fraction of sp³-hybridized carbons (Fsp3) is 1.00. The van der Waals surface area contributed by atoms with Gasteiger partial charge >= 0.3 is 6.18 Å². The molecule has 1 N–H and O–H groups in total. The standard InChI is InChI=1S/C12H21F3O/c1-3-9(4-2)11(16)7-5-6-10(8-11)12(13,14)15/h9-10,16H,3-8H2,1-2H3. The van der Waals surface area contributed by atoms with Crippen LogP contribution in [0.5, 0.6) is 0 Å². The van der Waals surface area contributed by atoms with Crippen molar-refractivity contribution < 1.29 is 18.3 Å². The number of rotatable bonds is 3. The third-order valence-corrected chi connectivity index (χ3v) is 3.97. The molecule has 0 saturated heterocycles. The SMILES string of the molecule is CCC(CC)C1(O)CCCC(C(F)(F)F)C1. The van der Waals surface area contributed by atoms with E-state index in [-0.39, 0.29) is 18.8 Å². The summed E-state index contributed by atoms with van der Waals surface area (Å²) < 4.78 is 37.9. The van der Waals surface area contributed by atoms with Gasteiger partial charge < -0.3 is 5.11 Å². The van der Waals surface area contributed by atoms with Crippen molar-refractivity contribution in [3.8, 4) is 0 Å². The van der Waals surface area contributed by atoms with Gasteiger partial charge in [0.2, 0.25) is 0 Å². The van der Waals surface area contributed by atoms with Gasteiger partial charge in [0.15, 0.2) is 0 Å². The lowest BCUT2D eigenvalue weighted by atomic mass is 9.69. The Balaban J connectivity index is 2.75. The third-order valence-electron chi connectivity index (χ3n) is 3.97. The van der Waals surface area contributed by atoms with Crippen LogP contribution in [0.2, 0.25) is 0 Å². The van der Waals surface area contributed by atoms with E-state index in [9.17, 15) is 18.3 Å². The zero-order chi connectivity index (χ0) is 12.4. The summed E-state index contributed by atoms with van der Waals surface area (Å²) in [6, 6.07) is 0. The molecule has 0 aliphatic heterocycles. The van der Waals surface area contributed by atoms with Crippen LogP contribution in [-0.2, 0) is 0 Å². The molecule has 1 aliphatic carbocycles. The van der Waals surface area contributed by atoms with E-state index < -0.39 is 17.7 Å². The van der Waals surface area contributed by atoms with E-state index >= 15 is 0 Å². The minimum atomic E-state index is -4.15. The Bertz CT molecular complexity index is 223. The Hall–Kier alpha value is -0.250. The van der Waals surface area contributed by atoms with Crippen molar-refractivity contribution in [2.75, 3.05) is 0 Å². The number of hydrogen-bond acceptors (Lipinski definition) is 1. The van der Waals surface area contributed by atoms with Gasteiger partial charge in [-0.15, -0.1) is 0 Å². The molecule has 0 spiro atoms. The Labute approximate surface area is 95.0 Å². The molecule has 1 nitrogen and oxygen atoms in total. The summed E-state index contributed by atoms with van der Waals surface area (Å²) in [4.78, 5) is 0. The van der Waals surface area contributed by atoms with Crippen LogP contribution in [0.4, 0.5) is 13.2 Å². The van der Waals surface area contributed by atoms with Crippen molar-refractivity contribution in [1.29, 1.82) is 0 Å². The molecule has 4 heteroatoms. The predicted octanol–water partition coefficient (Wildman–Crippen LogP) is 3.91. The summed E-state index contributed by atoms with van der Waals surface area (Å²) >= 11 is 0. The van der Waals surface area contributed by atoms with Crippen LogP contribution in [0.25, 0.3) is 0 Å². The van der Waals surface area contributed by atoms with E-state index in [0.29, 0.717) is 12.8 Å². The van der Waals surface area contributed by atoms with Crippen molar-refractivity contribution in [1.82, 2.24) is 0 Å². The van der Waals surface area contributed by atoms with Crippen LogP contribution in [0.1, 0.15) is 52.4 Å². The largest absolute Gasteiger partial charge is 0.391 e. The summed E-state index contributed by atoms with van der Waals surface area (Å²) in [6.07, 6.45) is -1.59. The molecule has 0 aromatic carbocycles. The Morgan fingerprint density at radius 2 is 1.88 bits per heavy atom. The minimum Gasteiger partial charge on any atom is -0.390 e. The molecule has 1 fully saturated rings. The predicted molar refractivity (Wildman–Crippen MR) is 57.0 cm³/mol. The van der Waals surface area contributed by atoms with Gasteiger partial charge in [-0.2, -0.15) is 13.2 Å². The number of aliphatic hydroxyl groups is 1.